The van der Waals surface area contributed by atoms with Gasteiger partial charge in [-0.1, -0.05) is 12.1 Å². The van der Waals surface area contributed by atoms with E-state index in [1.807, 2.05) is 0 Å². The van der Waals surface area contributed by atoms with E-state index in [-0.39, 0.29) is 16.8 Å². The van der Waals surface area contributed by atoms with Crippen molar-refractivity contribution < 1.29 is 37.4 Å². The Bertz CT molecular complexity index is 1160. The fourth-order valence-electron chi connectivity index (χ4n) is 3.20. The van der Waals surface area contributed by atoms with Crippen LogP contribution in [0.4, 0.5) is 5.69 Å². The summed E-state index contributed by atoms with van der Waals surface area (Å²) in [5, 5.41) is 14.6. The predicted octanol–water partition coefficient (Wildman–Crippen LogP) is 2.27. The molecule has 0 aliphatic carbocycles. The maximum atomic E-state index is 13.2. The number of carboxylic acid groups (broad SMARTS) is 1. The van der Waals surface area contributed by atoms with Crippen LogP contribution < -0.4 is 20.1 Å². The van der Waals surface area contributed by atoms with E-state index >= 15 is 0 Å². The molecule has 10 nitrogen and oxygen atoms in total. The van der Waals surface area contributed by atoms with Gasteiger partial charge in [-0.05, 0) is 36.8 Å². The number of methoxy groups -OCH3 is 1. The van der Waals surface area contributed by atoms with E-state index in [4.69, 9.17) is 9.47 Å². The van der Waals surface area contributed by atoms with Crippen LogP contribution in [0.3, 0.4) is 0 Å². The lowest BCUT2D eigenvalue weighted by atomic mass is 10.0. The van der Waals surface area contributed by atoms with Crippen LogP contribution in [0.15, 0.2) is 36.4 Å². The summed E-state index contributed by atoms with van der Waals surface area (Å²) in [6, 6.07) is 7.66. The summed E-state index contributed by atoms with van der Waals surface area (Å²) >= 11 is 0. The third kappa shape index (κ3) is 6.94. The first-order valence-corrected chi connectivity index (χ1v) is 12.0. The van der Waals surface area contributed by atoms with Crippen molar-refractivity contribution in [3.05, 3.63) is 53.1 Å². The summed E-state index contributed by atoms with van der Waals surface area (Å²) in [6.07, 6.45) is 1.02. The molecule has 0 saturated carbocycles. The zero-order valence-corrected chi connectivity index (χ0v) is 19.5. The molecule has 2 rings (SSSR count). The standard InChI is InChI=1S/C22H26N2O8S/c1-5-32-19-11-14(9-10-18(19)31-3)17(12-33(4,29)30)24-21(26)20-15(22(27)28)7-6-8-16(20)23-13(2)25/h6-11,17H,5,12H2,1-4H3,(H,23,25)(H,24,26)(H,27,28). The Morgan fingerprint density at radius 2 is 1.82 bits per heavy atom. The molecule has 0 aliphatic heterocycles. The number of anilines is 1. The number of amides is 2. The number of aromatic carboxylic acids is 1. The summed E-state index contributed by atoms with van der Waals surface area (Å²) in [4.78, 5) is 36.5. The molecule has 33 heavy (non-hydrogen) atoms. The number of hydrogen-bond acceptors (Lipinski definition) is 7. The van der Waals surface area contributed by atoms with Gasteiger partial charge in [-0.25, -0.2) is 13.2 Å². The van der Waals surface area contributed by atoms with Crippen molar-refractivity contribution >= 4 is 33.3 Å². The molecule has 0 fully saturated rings. The lowest BCUT2D eigenvalue weighted by Crippen LogP contribution is -2.34. The highest BCUT2D eigenvalue weighted by molar-refractivity contribution is 7.90. The molecular weight excluding hydrogens is 452 g/mol. The number of hydrogen-bond donors (Lipinski definition) is 3. The number of nitrogens with one attached hydrogen (secondary N) is 2. The molecule has 1 unspecified atom stereocenters. The van der Waals surface area contributed by atoms with Crippen molar-refractivity contribution in [3.8, 4) is 11.5 Å². The number of carbonyl (C=O) groups excluding carboxylic acids is 2. The highest BCUT2D eigenvalue weighted by Gasteiger charge is 2.26. The lowest BCUT2D eigenvalue weighted by molar-refractivity contribution is -0.114. The second-order valence-electron chi connectivity index (χ2n) is 7.18. The maximum Gasteiger partial charge on any atom is 0.336 e. The van der Waals surface area contributed by atoms with Gasteiger partial charge in [0.05, 0.1) is 42.3 Å². The van der Waals surface area contributed by atoms with Crippen LogP contribution in [-0.2, 0) is 14.6 Å². The Hall–Kier alpha value is -3.60. The molecule has 3 N–H and O–H groups in total. The lowest BCUT2D eigenvalue weighted by Gasteiger charge is -2.21. The molecular formula is C22H26N2O8S. The summed E-state index contributed by atoms with van der Waals surface area (Å²) in [7, 11) is -2.11. The predicted molar refractivity (Wildman–Crippen MR) is 122 cm³/mol. The van der Waals surface area contributed by atoms with Crippen molar-refractivity contribution in [3.63, 3.8) is 0 Å². The van der Waals surface area contributed by atoms with Gasteiger partial charge < -0.3 is 25.2 Å². The zero-order valence-electron chi connectivity index (χ0n) is 18.7. The van der Waals surface area contributed by atoms with Crippen molar-refractivity contribution in [2.75, 3.05) is 31.0 Å². The second kappa shape index (κ2) is 10.8. The van der Waals surface area contributed by atoms with Gasteiger partial charge in [0, 0.05) is 13.2 Å². The van der Waals surface area contributed by atoms with E-state index in [2.05, 4.69) is 10.6 Å². The minimum atomic E-state index is -3.57. The van der Waals surface area contributed by atoms with Crippen LogP contribution >= 0.6 is 0 Å². The molecule has 0 heterocycles. The molecule has 178 valence electrons. The molecule has 1 atom stereocenters. The normalized spacial score (nSPS) is 11.9. The van der Waals surface area contributed by atoms with Gasteiger partial charge in [-0.3, -0.25) is 9.59 Å². The first-order chi connectivity index (χ1) is 15.5. The number of rotatable bonds is 10. The summed E-state index contributed by atoms with van der Waals surface area (Å²) in [5.74, 6) is -2.42. The average Bonchev–Trinajstić information content (AvgIpc) is 2.71. The monoisotopic (exact) mass is 478 g/mol. The second-order valence-corrected chi connectivity index (χ2v) is 9.36. The number of sulfone groups is 1. The van der Waals surface area contributed by atoms with Gasteiger partial charge >= 0.3 is 5.97 Å². The first kappa shape index (κ1) is 25.7. The molecule has 11 heteroatoms. The highest BCUT2D eigenvalue weighted by atomic mass is 32.2. The summed E-state index contributed by atoms with van der Waals surface area (Å²) < 4.78 is 35.0. The van der Waals surface area contributed by atoms with Gasteiger partial charge in [0.15, 0.2) is 11.5 Å². The Morgan fingerprint density at radius 1 is 1.12 bits per heavy atom. The summed E-state index contributed by atoms with van der Waals surface area (Å²) in [5.41, 5.74) is -0.242. The minimum Gasteiger partial charge on any atom is -0.493 e. The summed E-state index contributed by atoms with van der Waals surface area (Å²) in [6.45, 7) is 3.32. The van der Waals surface area contributed by atoms with Gasteiger partial charge in [-0.15, -0.1) is 0 Å². The third-order valence-electron chi connectivity index (χ3n) is 4.50. The molecule has 2 aromatic rings. The topological polar surface area (TPSA) is 148 Å². The van der Waals surface area contributed by atoms with Gasteiger partial charge in [0.1, 0.15) is 9.84 Å². The van der Waals surface area contributed by atoms with E-state index < -0.39 is 39.4 Å². The molecule has 0 spiro atoms. The van der Waals surface area contributed by atoms with E-state index in [1.165, 1.54) is 32.2 Å². The number of ether oxygens (including phenoxy) is 2. The van der Waals surface area contributed by atoms with Crippen molar-refractivity contribution in [1.82, 2.24) is 5.32 Å². The van der Waals surface area contributed by atoms with Crippen LogP contribution in [0.25, 0.3) is 0 Å². The Morgan fingerprint density at radius 3 is 2.36 bits per heavy atom. The van der Waals surface area contributed by atoms with E-state index in [0.29, 0.717) is 23.7 Å². The molecule has 0 aliphatic rings. The quantitative estimate of drug-likeness (QED) is 0.471. The Kier molecular flexibility index (Phi) is 8.41. The largest absolute Gasteiger partial charge is 0.493 e. The first-order valence-electron chi connectivity index (χ1n) is 9.90. The molecule has 0 radical (unpaired) electrons. The van der Waals surface area contributed by atoms with Gasteiger partial charge in [0.25, 0.3) is 5.91 Å². The smallest absolute Gasteiger partial charge is 0.336 e. The van der Waals surface area contributed by atoms with E-state index in [9.17, 15) is 27.9 Å². The molecule has 0 bridgehead atoms. The van der Waals surface area contributed by atoms with Gasteiger partial charge in [0.2, 0.25) is 5.91 Å². The highest BCUT2D eigenvalue weighted by Crippen LogP contribution is 2.31. The van der Waals surface area contributed by atoms with Crippen LogP contribution in [0.5, 0.6) is 11.5 Å². The van der Waals surface area contributed by atoms with Gasteiger partial charge in [-0.2, -0.15) is 0 Å². The van der Waals surface area contributed by atoms with Crippen molar-refractivity contribution in [2.24, 2.45) is 0 Å². The maximum absolute atomic E-state index is 13.2. The minimum absolute atomic E-state index is 0.0114. The van der Waals surface area contributed by atoms with Crippen LogP contribution in [0.1, 0.15) is 46.2 Å². The molecule has 2 amide bonds. The molecule has 0 saturated heterocycles. The van der Waals surface area contributed by atoms with Crippen LogP contribution in [-0.4, -0.2) is 57.0 Å². The molecule has 2 aromatic carbocycles. The fraction of sp³-hybridized carbons (Fsp3) is 0.318. The average molecular weight is 479 g/mol. The molecule has 0 aromatic heterocycles. The number of carbonyl (C=O) groups is 3. The van der Waals surface area contributed by atoms with Crippen LogP contribution in [0, 0.1) is 0 Å². The zero-order chi connectivity index (χ0) is 24.8. The number of carboxylic acids is 1. The van der Waals surface area contributed by atoms with E-state index in [0.717, 1.165) is 6.26 Å². The number of benzene rings is 2. The van der Waals surface area contributed by atoms with Crippen molar-refractivity contribution in [2.45, 2.75) is 19.9 Å². The SMILES string of the molecule is CCOc1cc(C(CS(C)(=O)=O)NC(=O)c2c(NC(C)=O)cccc2C(=O)O)ccc1OC. The Balaban J connectivity index is 2.55. The third-order valence-corrected chi connectivity index (χ3v) is 5.44. The fourth-order valence-corrected chi connectivity index (χ4v) is 4.08. The van der Waals surface area contributed by atoms with Crippen molar-refractivity contribution in [1.29, 1.82) is 0 Å². The van der Waals surface area contributed by atoms with Crippen LogP contribution in [0.2, 0.25) is 0 Å². The Labute approximate surface area is 191 Å². The van der Waals surface area contributed by atoms with E-state index in [1.54, 1.807) is 25.1 Å².